The predicted molar refractivity (Wildman–Crippen MR) is 86.7 cm³/mol. The number of hydrogen-bond acceptors (Lipinski definition) is 3. The van der Waals surface area contributed by atoms with E-state index in [0.29, 0.717) is 17.8 Å². The van der Waals surface area contributed by atoms with Crippen LogP contribution in [0.4, 0.5) is 5.69 Å². The van der Waals surface area contributed by atoms with Crippen molar-refractivity contribution in [2.24, 2.45) is 7.05 Å². The van der Waals surface area contributed by atoms with Crippen molar-refractivity contribution >= 4 is 24.0 Å². The monoisotopic (exact) mass is 308 g/mol. The lowest BCUT2D eigenvalue weighted by atomic mass is 10.1. The van der Waals surface area contributed by atoms with Crippen molar-refractivity contribution in [3.63, 3.8) is 0 Å². The van der Waals surface area contributed by atoms with Crippen LogP contribution in [-0.4, -0.2) is 15.7 Å². The smallest absolute Gasteiger partial charge is 0.251 e. The molecule has 1 aromatic heterocycles. The predicted octanol–water partition coefficient (Wildman–Crippen LogP) is 2.28. The maximum atomic E-state index is 12.2. The van der Waals surface area contributed by atoms with Crippen molar-refractivity contribution in [2.45, 2.75) is 27.3 Å². The van der Waals surface area contributed by atoms with E-state index in [1.807, 2.05) is 38.6 Å². The fraction of sp³-hybridized carbons (Fsp3) is 0.333. The number of nitrogens with two attached hydrogens (primary N) is 1. The highest BCUT2D eigenvalue weighted by atomic mass is 35.5. The summed E-state index contributed by atoms with van der Waals surface area (Å²) in [7, 11) is 1.90. The van der Waals surface area contributed by atoms with Crippen molar-refractivity contribution in [2.75, 3.05) is 5.73 Å². The Bertz CT molecular complexity index is 664. The van der Waals surface area contributed by atoms with Gasteiger partial charge in [0.1, 0.15) is 0 Å². The lowest BCUT2D eigenvalue weighted by molar-refractivity contribution is 0.0950. The number of nitrogen functional groups attached to an aromatic ring is 1. The number of benzene rings is 1. The van der Waals surface area contributed by atoms with Crippen LogP contribution in [0, 0.1) is 20.8 Å². The summed E-state index contributed by atoms with van der Waals surface area (Å²) in [6.45, 7) is 6.31. The molecule has 5 nitrogen and oxygen atoms in total. The summed E-state index contributed by atoms with van der Waals surface area (Å²) in [5.74, 6) is -0.113. The zero-order chi connectivity index (χ0) is 14.9. The average Bonchev–Trinajstić information content (AvgIpc) is 2.64. The maximum absolute atomic E-state index is 12.2. The van der Waals surface area contributed by atoms with Crippen LogP contribution in [0.5, 0.6) is 0 Å². The number of aromatic nitrogens is 2. The second-order valence-corrected chi connectivity index (χ2v) is 5.03. The van der Waals surface area contributed by atoms with Crippen LogP contribution in [0.2, 0.25) is 0 Å². The van der Waals surface area contributed by atoms with Crippen LogP contribution in [0.25, 0.3) is 0 Å². The molecular weight excluding hydrogens is 288 g/mol. The molecule has 6 heteroatoms. The molecular formula is C15H21ClN4O. The van der Waals surface area contributed by atoms with Crippen LogP contribution >= 0.6 is 12.4 Å². The van der Waals surface area contributed by atoms with Crippen molar-refractivity contribution < 1.29 is 4.79 Å². The van der Waals surface area contributed by atoms with E-state index < -0.39 is 0 Å². The molecule has 114 valence electrons. The first-order valence-corrected chi connectivity index (χ1v) is 6.53. The van der Waals surface area contributed by atoms with Crippen molar-refractivity contribution in [1.29, 1.82) is 0 Å². The van der Waals surface area contributed by atoms with E-state index in [0.717, 1.165) is 22.5 Å². The van der Waals surface area contributed by atoms with Gasteiger partial charge < -0.3 is 11.1 Å². The van der Waals surface area contributed by atoms with Gasteiger partial charge in [0.05, 0.1) is 5.69 Å². The van der Waals surface area contributed by atoms with Gasteiger partial charge in [-0.1, -0.05) is 6.07 Å². The molecule has 0 unspecified atom stereocenters. The Balaban J connectivity index is 0.00000220. The van der Waals surface area contributed by atoms with E-state index in [1.165, 1.54) is 0 Å². The molecule has 0 aliphatic rings. The summed E-state index contributed by atoms with van der Waals surface area (Å²) in [6, 6.07) is 5.35. The molecule has 0 saturated carbocycles. The summed E-state index contributed by atoms with van der Waals surface area (Å²) in [4.78, 5) is 12.2. The minimum atomic E-state index is -0.113. The van der Waals surface area contributed by atoms with E-state index >= 15 is 0 Å². The highest BCUT2D eigenvalue weighted by Gasteiger charge is 2.13. The molecule has 3 N–H and O–H groups in total. The highest BCUT2D eigenvalue weighted by molar-refractivity contribution is 5.96. The molecule has 0 spiro atoms. The molecule has 1 amide bonds. The zero-order valence-corrected chi connectivity index (χ0v) is 13.5. The van der Waals surface area contributed by atoms with E-state index in [9.17, 15) is 4.79 Å². The molecule has 2 aromatic rings. The minimum Gasteiger partial charge on any atom is -0.399 e. The lowest BCUT2D eigenvalue weighted by Gasteiger charge is -2.09. The van der Waals surface area contributed by atoms with Gasteiger partial charge in [0, 0.05) is 36.1 Å². The molecule has 0 bridgehead atoms. The van der Waals surface area contributed by atoms with Gasteiger partial charge in [0.2, 0.25) is 0 Å². The average molecular weight is 309 g/mol. The molecule has 0 fully saturated rings. The summed E-state index contributed by atoms with van der Waals surface area (Å²) < 4.78 is 1.82. The summed E-state index contributed by atoms with van der Waals surface area (Å²) in [5.41, 5.74) is 10.9. The molecule has 0 saturated heterocycles. The standard InChI is InChI=1S/C15H20N4O.ClH/c1-9-5-6-12(16)7-13(9)15(20)17-8-14-10(2)18-19(4)11(14)3;/h5-7H,8,16H2,1-4H3,(H,17,20);1H. The Labute approximate surface area is 130 Å². The van der Waals surface area contributed by atoms with Crippen LogP contribution in [-0.2, 0) is 13.6 Å². The van der Waals surface area contributed by atoms with Gasteiger partial charge in [-0.05, 0) is 38.5 Å². The number of anilines is 1. The van der Waals surface area contributed by atoms with Crippen molar-refractivity contribution in [3.05, 3.63) is 46.3 Å². The van der Waals surface area contributed by atoms with Gasteiger partial charge in [-0.15, -0.1) is 12.4 Å². The first kappa shape index (κ1) is 17.0. The topological polar surface area (TPSA) is 72.9 Å². The van der Waals surface area contributed by atoms with Gasteiger partial charge in [-0.25, -0.2) is 0 Å². The SMILES string of the molecule is Cc1ccc(N)cc1C(=O)NCc1c(C)nn(C)c1C.Cl. The third-order valence-electron chi connectivity index (χ3n) is 3.59. The Morgan fingerprint density at radius 3 is 2.57 bits per heavy atom. The second kappa shape index (κ2) is 6.63. The first-order chi connectivity index (χ1) is 9.40. The largest absolute Gasteiger partial charge is 0.399 e. The Hall–Kier alpha value is -2.01. The number of nitrogens with zero attached hydrogens (tertiary/aromatic N) is 2. The van der Waals surface area contributed by atoms with Crippen molar-refractivity contribution in [1.82, 2.24) is 15.1 Å². The highest BCUT2D eigenvalue weighted by Crippen LogP contribution is 2.14. The summed E-state index contributed by atoms with van der Waals surface area (Å²) >= 11 is 0. The van der Waals surface area contributed by atoms with Crippen LogP contribution in [0.15, 0.2) is 18.2 Å². The Morgan fingerprint density at radius 1 is 1.33 bits per heavy atom. The first-order valence-electron chi connectivity index (χ1n) is 6.53. The third-order valence-corrected chi connectivity index (χ3v) is 3.59. The molecule has 21 heavy (non-hydrogen) atoms. The second-order valence-electron chi connectivity index (χ2n) is 5.03. The number of halogens is 1. The minimum absolute atomic E-state index is 0. The van der Waals surface area contributed by atoms with Gasteiger partial charge in [0.15, 0.2) is 0 Å². The Morgan fingerprint density at radius 2 is 2.00 bits per heavy atom. The molecule has 0 radical (unpaired) electrons. The molecule has 1 aromatic carbocycles. The number of carbonyl (C=O) groups is 1. The number of amides is 1. The van der Waals surface area contributed by atoms with Crippen molar-refractivity contribution in [3.8, 4) is 0 Å². The number of carbonyl (C=O) groups excluding carboxylic acids is 1. The summed E-state index contributed by atoms with van der Waals surface area (Å²) in [5, 5.41) is 7.27. The maximum Gasteiger partial charge on any atom is 0.251 e. The number of nitrogens with one attached hydrogen (secondary N) is 1. The van der Waals surface area contributed by atoms with E-state index in [4.69, 9.17) is 5.73 Å². The molecule has 0 atom stereocenters. The van der Waals surface area contributed by atoms with Crippen LogP contribution in [0.3, 0.4) is 0 Å². The van der Waals surface area contributed by atoms with Gasteiger partial charge in [-0.3, -0.25) is 9.48 Å². The lowest BCUT2D eigenvalue weighted by Crippen LogP contribution is -2.24. The number of rotatable bonds is 3. The number of hydrogen-bond donors (Lipinski definition) is 2. The normalized spacial score (nSPS) is 10.1. The van der Waals surface area contributed by atoms with E-state index in [2.05, 4.69) is 10.4 Å². The molecule has 0 aliphatic heterocycles. The molecule has 0 aliphatic carbocycles. The third kappa shape index (κ3) is 3.55. The summed E-state index contributed by atoms with van der Waals surface area (Å²) in [6.07, 6.45) is 0. The van der Waals surface area contributed by atoms with E-state index in [1.54, 1.807) is 12.1 Å². The molecule has 2 rings (SSSR count). The van der Waals surface area contributed by atoms with Gasteiger partial charge in [-0.2, -0.15) is 5.10 Å². The Kier molecular flexibility index (Phi) is 5.38. The van der Waals surface area contributed by atoms with Gasteiger partial charge >= 0.3 is 0 Å². The van der Waals surface area contributed by atoms with Crippen LogP contribution in [0.1, 0.15) is 32.9 Å². The quantitative estimate of drug-likeness (QED) is 0.854. The van der Waals surface area contributed by atoms with Gasteiger partial charge in [0.25, 0.3) is 5.91 Å². The fourth-order valence-corrected chi connectivity index (χ4v) is 2.22. The zero-order valence-electron chi connectivity index (χ0n) is 12.7. The molecule has 1 heterocycles. The van der Waals surface area contributed by atoms with Crippen LogP contribution < -0.4 is 11.1 Å². The van der Waals surface area contributed by atoms with E-state index in [-0.39, 0.29) is 18.3 Å². The number of aryl methyl sites for hydroxylation is 3. The fourth-order valence-electron chi connectivity index (χ4n) is 2.22.